The smallest absolute Gasteiger partial charge is 0.336 e. The Labute approximate surface area is 161 Å². The molecule has 2 aliphatic heterocycles. The molecule has 1 aromatic rings. The van der Waals surface area contributed by atoms with Crippen molar-refractivity contribution in [3.8, 4) is 0 Å². The second kappa shape index (κ2) is 8.24. The summed E-state index contributed by atoms with van der Waals surface area (Å²) in [4.78, 5) is 27.5. The number of esters is 2. The molecule has 0 aromatic carbocycles. The van der Waals surface area contributed by atoms with Crippen molar-refractivity contribution in [2.24, 2.45) is 0 Å². The first kappa shape index (κ1) is 18.9. The Balaban J connectivity index is 2.00. The van der Waals surface area contributed by atoms with Crippen molar-refractivity contribution in [3.63, 3.8) is 0 Å². The van der Waals surface area contributed by atoms with E-state index in [4.69, 9.17) is 25.8 Å². The molecule has 0 spiro atoms. The molecule has 6 nitrogen and oxygen atoms in total. The molecule has 140 valence electrons. The van der Waals surface area contributed by atoms with Crippen molar-refractivity contribution in [1.82, 2.24) is 4.90 Å². The number of ether oxygens (including phenoxy) is 3. The van der Waals surface area contributed by atoms with E-state index in [0.717, 1.165) is 24.3 Å². The molecule has 0 N–H and O–H groups in total. The van der Waals surface area contributed by atoms with E-state index < -0.39 is 17.9 Å². The van der Waals surface area contributed by atoms with Gasteiger partial charge in [-0.3, -0.25) is 0 Å². The van der Waals surface area contributed by atoms with Crippen molar-refractivity contribution in [2.45, 2.75) is 24.9 Å². The number of hydrogen-bond donors (Lipinski definition) is 0. The highest BCUT2D eigenvalue weighted by Crippen LogP contribution is 2.41. The molecule has 2 aliphatic rings. The Bertz CT molecular complexity index is 717. The van der Waals surface area contributed by atoms with Crippen LogP contribution in [0.3, 0.4) is 0 Å². The van der Waals surface area contributed by atoms with Crippen molar-refractivity contribution < 1.29 is 23.8 Å². The largest absolute Gasteiger partial charge is 0.466 e. The number of methoxy groups -OCH3 is 2. The molecular weight excluding hydrogens is 378 g/mol. The van der Waals surface area contributed by atoms with Crippen LogP contribution in [0.2, 0.25) is 4.34 Å². The molecule has 1 unspecified atom stereocenters. The van der Waals surface area contributed by atoms with Crippen LogP contribution in [0.25, 0.3) is 0 Å². The van der Waals surface area contributed by atoms with E-state index in [1.54, 1.807) is 29.4 Å². The summed E-state index contributed by atoms with van der Waals surface area (Å²) in [7, 11) is 2.64. The molecule has 0 bridgehead atoms. The molecule has 1 saturated heterocycles. The quantitative estimate of drug-likeness (QED) is 0.711. The van der Waals surface area contributed by atoms with Crippen LogP contribution in [0.4, 0.5) is 0 Å². The average molecular weight is 398 g/mol. The highest BCUT2D eigenvalue weighted by atomic mass is 35.5. The summed E-state index contributed by atoms with van der Waals surface area (Å²) in [6.45, 7) is 1.29. The van der Waals surface area contributed by atoms with E-state index in [1.165, 1.54) is 25.6 Å². The zero-order valence-corrected chi connectivity index (χ0v) is 16.1. The summed E-state index contributed by atoms with van der Waals surface area (Å²) in [6, 6.07) is 3.55. The lowest BCUT2D eigenvalue weighted by molar-refractivity contribution is -0.137. The standard InChI is InChI=1S/C18H20ClNO5S/c1-23-17(21)12-9-20(8-11-4-3-7-25-11)10-13(18(22)24-2)16(12)14-5-6-15(19)26-14/h5-6,9-11,16H,3-4,7-8H2,1-2H3. The fourth-order valence-corrected chi connectivity index (χ4v) is 4.41. The van der Waals surface area contributed by atoms with E-state index in [0.29, 0.717) is 22.0 Å². The first-order valence-electron chi connectivity index (χ1n) is 8.26. The maximum absolute atomic E-state index is 12.4. The summed E-state index contributed by atoms with van der Waals surface area (Å²) in [5.74, 6) is -1.56. The van der Waals surface area contributed by atoms with E-state index in [-0.39, 0.29) is 6.10 Å². The topological polar surface area (TPSA) is 65.1 Å². The lowest BCUT2D eigenvalue weighted by atomic mass is 9.88. The summed E-state index contributed by atoms with van der Waals surface area (Å²) in [5, 5.41) is 0. The van der Waals surface area contributed by atoms with Crippen LogP contribution in [0.1, 0.15) is 23.6 Å². The summed E-state index contributed by atoms with van der Waals surface area (Å²) >= 11 is 7.38. The van der Waals surface area contributed by atoms with Gasteiger partial charge in [0.15, 0.2) is 0 Å². The van der Waals surface area contributed by atoms with Gasteiger partial charge in [0, 0.05) is 30.4 Å². The van der Waals surface area contributed by atoms with Gasteiger partial charge in [0.05, 0.1) is 41.7 Å². The minimum absolute atomic E-state index is 0.0630. The Morgan fingerprint density at radius 3 is 2.35 bits per heavy atom. The number of hydrogen-bond acceptors (Lipinski definition) is 7. The van der Waals surface area contributed by atoms with Gasteiger partial charge in [-0.1, -0.05) is 11.6 Å². The zero-order chi connectivity index (χ0) is 18.7. The van der Waals surface area contributed by atoms with Crippen molar-refractivity contribution in [3.05, 3.63) is 44.9 Å². The van der Waals surface area contributed by atoms with Crippen LogP contribution < -0.4 is 0 Å². The van der Waals surface area contributed by atoms with Gasteiger partial charge in [-0.2, -0.15) is 0 Å². The molecule has 3 rings (SSSR count). The Morgan fingerprint density at radius 1 is 1.23 bits per heavy atom. The minimum atomic E-state index is -0.576. The maximum Gasteiger partial charge on any atom is 0.336 e. The van der Waals surface area contributed by atoms with Gasteiger partial charge in [-0.25, -0.2) is 9.59 Å². The van der Waals surface area contributed by atoms with Crippen molar-refractivity contribution >= 4 is 34.9 Å². The van der Waals surface area contributed by atoms with Gasteiger partial charge in [0.1, 0.15) is 0 Å². The molecule has 1 fully saturated rings. The third-order valence-electron chi connectivity index (χ3n) is 4.39. The third-order valence-corrected chi connectivity index (χ3v) is 5.69. The molecule has 0 radical (unpaired) electrons. The van der Waals surface area contributed by atoms with Crippen LogP contribution in [0, 0.1) is 0 Å². The minimum Gasteiger partial charge on any atom is -0.466 e. The predicted molar refractivity (Wildman–Crippen MR) is 97.9 cm³/mol. The average Bonchev–Trinajstić information content (AvgIpc) is 3.31. The number of carbonyl (C=O) groups excluding carboxylic acids is 2. The van der Waals surface area contributed by atoms with Gasteiger partial charge >= 0.3 is 11.9 Å². The first-order chi connectivity index (χ1) is 12.5. The van der Waals surface area contributed by atoms with Gasteiger partial charge in [-0.15, -0.1) is 11.3 Å². The first-order valence-corrected chi connectivity index (χ1v) is 9.45. The number of nitrogens with zero attached hydrogens (tertiary/aromatic N) is 1. The lowest BCUT2D eigenvalue weighted by Gasteiger charge is -2.30. The van der Waals surface area contributed by atoms with Crippen LogP contribution in [-0.2, 0) is 23.8 Å². The highest BCUT2D eigenvalue weighted by molar-refractivity contribution is 7.16. The van der Waals surface area contributed by atoms with Gasteiger partial charge in [0.2, 0.25) is 0 Å². The molecule has 1 aromatic heterocycles. The van der Waals surface area contributed by atoms with Crippen LogP contribution in [0.15, 0.2) is 35.7 Å². The predicted octanol–water partition coefficient (Wildman–Crippen LogP) is 3.09. The van der Waals surface area contributed by atoms with E-state index in [1.807, 2.05) is 0 Å². The summed E-state index contributed by atoms with van der Waals surface area (Å²) in [5.41, 5.74) is 0.735. The number of rotatable bonds is 5. The molecule has 0 amide bonds. The van der Waals surface area contributed by atoms with Crippen LogP contribution in [0.5, 0.6) is 0 Å². The molecule has 26 heavy (non-hydrogen) atoms. The number of thiophene rings is 1. The van der Waals surface area contributed by atoms with Gasteiger partial charge in [-0.05, 0) is 25.0 Å². The van der Waals surface area contributed by atoms with E-state index in [9.17, 15) is 9.59 Å². The van der Waals surface area contributed by atoms with Crippen molar-refractivity contribution in [2.75, 3.05) is 27.4 Å². The zero-order valence-electron chi connectivity index (χ0n) is 14.6. The molecular formula is C18H20ClNO5S. The van der Waals surface area contributed by atoms with E-state index in [2.05, 4.69) is 0 Å². The lowest BCUT2D eigenvalue weighted by Crippen LogP contribution is -2.32. The SMILES string of the molecule is COC(=O)C1=CN(CC2CCCO2)C=C(C(=O)OC)C1c1ccc(Cl)s1. The normalized spacial score (nSPS) is 20.6. The van der Waals surface area contributed by atoms with E-state index >= 15 is 0 Å². The highest BCUT2D eigenvalue weighted by Gasteiger charge is 2.36. The molecule has 3 heterocycles. The van der Waals surface area contributed by atoms with Crippen molar-refractivity contribution in [1.29, 1.82) is 0 Å². The molecule has 0 aliphatic carbocycles. The number of carbonyl (C=O) groups is 2. The molecule has 8 heteroatoms. The second-order valence-corrected chi connectivity index (χ2v) is 7.81. The maximum atomic E-state index is 12.4. The molecule has 0 saturated carbocycles. The Hall–Kier alpha value is -1.83. The van der Waals surface area contributed by atoms with Gasteiger partial charge in [0.25, 0.3) is 0 Å². The number of halogens is 1. The summed E-state index contributed by atoms with van der Waals surface area (Å²) in [6.07, 6.45) is 5.46. The fourth-order valence-electron chi connectivity index (χ4n) is 3.21. The molecule has 1 atom stereocenters. The Kier molecular flexibility index (Phi) is 6.01. The fraction of sp³-hybridized carbons (Fsp3) is 0.444. The third kappa shape index (κ3) is 3.95. The summed E-state index contributed by atoms with van der Waals surface area (Å²) < 4.78 is 16.2. The van der Waals surface area contributed by atoms with Crippen LogP contribution in [-0.4, -0.2) is 50.3 Å². The van der Waals surface area contributed by atoms with Crippen LogP contribution >= 0.6 is 22.9 Å². The monoisotopic (exact) mass is 397 g/mol. The second-order valence-electron chi connectivity index (χ2n) is 6.06. The Morgan fingerprint density at radius 2 is 1.88 bits per heavy atom. The van der Waals surface area contributed by atoms with Gasteiger partial charge < -0.3 is 19.1 Å².